The number of nitrogens with two attached hydrogens (primary N) is 1. The number of aliphatic carboxylic acids is 1. The number of carboxylic acid groups (broad SMARTS) is 1. The van der Waals surface area contributed by atoms with Crippen LogP contribution < -0.4 is 11.1 Å². The number of para-hydroxylation sites is 1. The van der Waals surface area contributed by atoms with E-state index in [1.807, 2.05) is 6.07 Å². The third-order valence-electron chi connectivity index (χ3n) is 4.43. The van der Waals surface area contributed by atoms with E-state index in [2.05, 4.69) is 5.32 Å². The molecule has 1 fully saturated rings. The Labute approximate surface area is 165 Å². The smallest absolute Gasteiger partial charge is 0.329 e. The zero-order valence-electron chi connectivity index (χ0n) is 16.6. The van der Waals surface area contributed by atoms with E-state index in [-0.39, 0.29) is 6.42 Å². The topological polar surface area (TPSA) is 122 Å². The number of carbonyl (C=O) groups excluding carboxylic acids is 2. The summed E-state index contributed by atoms with van der Waals surface area (Å²) in [6, 6.07) is 6.11. The molecular formula is C20H29N3O5. The van der Waals surface area contributed by atoms with Crippen LogP contribution in [-0.2, 0) is 19.1 Å². The van der Waals surface area contributed by atoms with Crippen LogP contribution in [0.1, 0.15) is 40.0 Å². The van der Waals surface area contributed by atoms with Gasteiger partial charge in [0.1, 0.15) is 17.7 Å². The molecule has 0 saturated carbocycles. The first-order valence-corrected chi connectivity index (χ1v) is 9.42. The Bertz CT molecular complexity index is 702. The number of likely N-dealkylation sites (tertiary alicyclic amines) is 1. The van der Waals surface area contributed by atoms with Crippen molar-refractivity contribution in [3.8, 4) is 0 Å². The lowest BCUT2D eigenvalue weighted by atomic mass is 10.1. The first-order valence-electron chi connectivity index (χ1n) is 9.42. The Morgan fingerprint density at radius 2 is 1.93 bits per heavy atom. The number of ether oxygens (including phenoxy) is 1. The van der Waals surface area contributed by atoms with Crippen molar-refractivity contribution >= 4 is 23.5 Å². The molecule has 0 aromatic heterocycles. The maximum absolute atomic E-state index is 12.8. The molecule has 1 saturated heterocycles. The lowest BCUT2D eigenvalue weighted by molar-refractivity contribution is -0.163. The van der Waals surface area contributed by atoms with Gasteiger partial charge in [-0.2, -0.15) is 0 Å². The standard InChI is InChI=1S/C20H29N3O5/c1-20(2,3)28-19(27)16-10-7-11-23(16)17(24)14(21)12-15(18(25)26)22-13-8-5-4-6-9-13/h4-6,8-9,14-16,22H,7,10-12,21H2,1-3H3,(H,25,26)/t14-,15?,16-/m0/s1. The van der Waals surface area contributed by atoms with Crippen molar-refractivity contribution < 1.29 is 24.2 Å². The molecule has 1 aromatic rings. The maximum Gasteiger partial charge on any atom is 0.329 e. The number of hydrogen-bond acceptors (Lipinski definition) is 6. The number of nitrogens with one attached hydrogen (secondary N) is 1. The number of carbonyl (C=O) groups is 3. The minimum atomic E-state index is -1.10. The summed E-state index contributed by atoms with van der Waals surface area (Å²) in [5.74, 6) is -1.99. The maximum atomic E-state index is 12.8. The molecular weight excluding hydrogens is 362 g/mol. The summed E-state index contributed by atoms with van der Waals surface area (Å²) in [7, 11) is 0. The van der Waals surface area contributed by atoms with Crippen LogP contribution in [-0.4, -0.2) is 58.1 Å². The fourth-order valence-electron chi connectivity index (χ4n) is 3.17. The van der Waals surface area contributed by atoms with Gasteiger partial charge in [0.2, 0.25) is 5.91 Å². The van der Waals surface area contributed by atoms with Gasteiger partial charge in [0, 0.05) is 18.7 Å². The van der Waals surface area contributed by atoms with Crippen LogP contribution in [0.5, 0.6) is 0 Å². The van der Waals surface area contributed by atoms with Crippen molar-refractivity contribution in [1.82, 2.24) is 4.90 Å². The molecule has 1 unspecified atom stereocenters. The molecule has 154 valence electrons. The van der Waals surface area contributed by atoms with E-state index in [4.69, 9.17) is 10.5 Å². The monoisotopic (exact) mass is 391 g/mol. The van der Waals surface area contributed by atoms with Crippen LogP contribution in [0.4, 0.5) is 5.69 Å². The lowest BCUT2D eigenvalue weighted by Gasteiger charge is -2.29. The number of anilines is 1. The molecule has 0 aliphatic carbocycles. The third kappa shape index (κ3) is 5.95. The van der Waals surface area contributed by atoms with E-state index >= 15 is 0 Å². The van der Waals surface area contributed by atoms with Crippen molar-refractivity contribution in [3.63, 3.8) is 0 Å². The summed E-state index contributed by atoms with van der Waals surface area (Å²) in [4.78, 5) is 38.2. The van der Waals surface area contributed by atoms with E-state index in [1.165, 1.54) is 4.90 Å². The van der Waals surface area contributed by atoms with Gasteiger partial charge >= 0.3 is 11.9 Å². The van der Waals surface area contributed by atoms with Gasteiger partial charge in [-0.05, 0) is 45.7 Å². The second kappa shape index (κ2) is 9.05. The number of benzene rings is 1. The Morgan fingerprint density at radius 3 is 2.50 bits per heavy atom. The molecule has 1 aliphatic heterocycles. The Balaban J connectivity index is 2.03. The minimum Gasteiger partial charge on any atom is -0.480 e. The highest BCUT2D eigenvalue weighted by Crippen LogP contribution is 2.22. The van der Waals surface area contributed by atoms with Gasteiger partial charge in [0.05, 0.1) is 6.04 Å². The zero-order chi connectivity index (χ0) is 20.9. The highest BCUT2D eigenvalue weighted by molar-refractivity contribution is 5.89. The second-order valence-electron chi connectivity index (χ2n) is 7.97. The Hall–Kier alpha value is -2.61. The molecule has 3 atom stereocenters. The van der Waals surface area contributed by atoms with Crippen molar-refractivity contribution in [2.24, 2.45) is 5.73 Å². The fraction of sp³-hybridized carbons (Fsp3) is 0.550. The summed E-state index contributed by atoms with van der Waals surface area (Å²) in [5, 5.41) is 12.4. The molecule has 1 aromatic carbocycles. The van der Waals surface area contributed by atoms with Crippen molar-refractivity contribution in [1.29, 1.82) is 0 Å². The van der Waals surface area contributed by atoms with Crippen LogP contribution in [0.25, 0.3) is 0 Å². The molecule has 4 N–H and O–H groups in total. The highest BCUT2D eigenvalue weighted by Gasteiger charge is 2.39. The van der Waals surface area contributed by atoms with Crippen LogP contribution in [0.3, 0.4) is 0 Å². The van der Waals surface area contributed by atoms with E-state index in [9.17, 15) is 19.5 Å². The largest absolute Gasteiger partial charge is 0.480 e. The number of nitrogens with zero attached hydrogens (tertiary/aromatic N) is 1. The van der Waals surface area contributed by atoms with Gasteiger partial charge in [-0.3, -0.25) is 4.79 Å². The Kier molecular flexibility index (Phi) is 7.01. The highest BCUT2D eigenvalue weighted by atomic mass is 16.6. The predicted molar refractivity (Wildman–Crippen MR) is 105 cm³/mol. The van der Waals surface area contributed by atoms with E-state index in [1.54, 1.807) is 45.0 Å². The van der Waals surface area contributed by atoms with Crippen molar-refractivity contribution in [3.05, 3.63) is 30.3 Å². The van der Waals surface area contributed by atoms with Crippen molar-refractivity contribution in [2.45, 2.75) is 63.8 Å². The number of carboxylic acids is 1. The molecule has 0 spiro atoms. The fourth-order valence-corrected chi connectivity index (χ4v) is 3.17. The predicted octanol–water partition coefficient (Wildman–Crippen LogP) is 1.60. The minimum absolute atomic E-state index is 0.0966. The molecule has 1 amide bonds. The van der Waals surface area contributed by atoms with Gasteiger partial charge in [-0.1, -0.05) is 18.2 Å². The van der Waals surface area contributed by atoms with Gasteiger partial charge in [-0.15, -0.1) is 0 Å². The molecule has 0 radical (unpaired) electrons. The second-order valence-corrected chi connectivity index (χ2v) is 7.97. The number of amides is 1. The SMILES string of the molecule is CC(C)(C)OC(=O)[C@@H]1CCCN1C(=O)[C@@H](N)CC(Nc1ccccc1)C(=O)O. The normalized spacial score (nSPS) is 19.0. The zero-order valence-corrected chi connectivity index (χ0v) is 16.6. The van der Waals surface area contributed by atoms with Gasteiger partial charge in [0.25, 0.3) is 0 Å². The van der Waals surface area contributed by atoms with Gasteiger partial charge in [-0.25, -0.2) is 9.59 Å². The first kappa shape index (κ1) is 21.7. The van der Waals surface area contributed by atoms with Crippen molar-refractivity contribution in [2.75, 3.05) is 11.9 Å². The summed E-state index contributed by atoms with van der Waals surface area (Å²) in [6.07, 6.45) is 1.09. The molecule has 0 bridgehead atoms. The summed E-state index contributed by atoms with van der Waals surface area (Å²) < 4.78 is 5.40. The summed E-state index contributed by atoms with van der Waals surface area (Å²) >= 11 is 0. The molecule has 2 rings (SSSR count). The van der Waals surface area contributed by atoms with Crippen LogP contribution >= 0.6 is 0 Å². The van der Waals surface area contributed by atoms with Crippen LogP contribution in [0, 0.1) is 0 Å². The van der Waals surface area contributed by atoms with Crippen LogP contribution in [0.2, 0.25) is 0 Å². The van der Waals surface area contributed by atoms with Gasteiger partial charge < -0.3 is 25.8 Å². The number of esters is 1. The van der Waals surface area contributed by atoms with E-state index in [0.717, 1.165) is 0 Å². The third-order valence-corrected chi connectivity index (χ3v) is 4.43. The summed E-state index contributed by atoms with van der Waals surface area (Å²) in [6.45, 7) is 5.71. The summed E-state index contributed by atoms with van der Waals surface area (Å²) in [5.41, 5.74) is 6.01. The van der Waals surface area contributed by atoms with E-state index in [0.29, 0.717) is 25.1 Å². The quantitative estimate of drug-likeness (QED) is 0.604. The number of hydrogen-bond donors (Lipinski definition) is 3. The average Bonchev–Trinajstić information content (AvgIpc) is 3.09. The van der Waals surface area contributed by atoms with E-state index < -0.39 is 41.6 Å². The molecule has 8 nitrogen and oxygen atoms in total. The van der Waals surface area contributed by atoms with Crippen LogP contribution in [0.15, 0.2) is 30.3 Å². The molecule has 1 heterocycles. The Morgan fingerprint density at radius 1 is 1.29 bits per heavy atom. The molecule has 8 heteroatoms. The average molecular weight is 391 g/mol. The molecule has 1 aliphatic rings. The van der Waals surface area contributed by atoms with Gasteiger partial charge in [0.15, 0.2) is 0 Å². The molecule has 28 heavy (non-hydrogen) atoms. The lowest BCUT2D eigenvalue weighted by Crippen LogP contribution is -2.51. The first-order chi connectivity index (χ1) is 13.1. The number of rotatable bonds is 7.